The molecule has 112 valence electrons. The number of hydrogen-bond donors (Lipinski definition) is 2. The van der Waals surface area contributed by atoms with Crippen LogP contribution in [0.2, 0.25) is 0 Å². The molecule has 1 unspecified atom stereocenters. The lowest BCUT2D eigenvalue weighted by atomic mass is 10.1. The second kappa shape index (κ2) is 7.25. The summed E-state index contributed by atoms with van der Waals surface area (Å²) in [4.78, 5) is 11.6. The Morgan fingerprint density at radius 3 is 2.45 bits per heavy atom. The van der Waals surface area contributed by atoms with Gasteiger partial charge >= 0.3 is 6.18 Å². The van der Waals surface area contributed by atoms with E-state index in [4.69, 9.17) is 4.74 Å². The molecule has 20 heavy (non-hydrogen) atoms. The first kappa shape index (κ1) is 16.5. The van der Waals surface area contributed by atoms with Crippen LogP contribution in [0.4, 0.5) is 13.2 Å². The first-order valence-electron chi connectivity index (χ1n) is 5.97. The van der Waals surface area contributed by atoms with E-state index in [-0.39, 0.29) is 18.7 Å². The average molecular weight is 291 g/mol. The number of methoxy groups -OCH3 is 1. The molecule has 7 heteroatoms. The van der Waals surface area contributed by atoms with Crippen molar-refractivity contribution in [2.45, 2.75) is 18.7 Å². The summed E-state index contributed by atoms with van der Waals surface area (Å²) in [7, 11) is 1.45. The third kappa shape index (κ3) is 5.18. The van der Waals surface area contributed by atoms with Crippen LogP contribution in [0.25, 0.3) is 0 Å². The van der Waals surface area contributed by atoms with E-state index in [9.17, 15) is 23.1 Å². The lowest BCUT2D eigenvalue weighted by Crippen LogP contribution is -2.28. The topological polar surface area (TPSA) is 58.6 Å². The fourth-order valence-corrected chi connectivity index (χ4v) is 1.54. The summed E-state index contributed by atoms with van der Waals surface area (Å²) in [5.74, 6) is -0.483. The van der Waals surface area contributed by atoms with Crippen molar-refractivity contribution in [1.82, 2.24) is 5.32 Å². The van der Waals surface area contributed by atoms with E-state index >= 15 is 0 Å². The van der Waals surface area contributed by atoms with Crippen molar-refractivity contribution in [2.75, 3.05) is 20.3 Å². The number of aliphatic hydroxyl groups is 1. The largest absolute Gasteiger partial charge is 0.416 e. The summed E-state index contributed by atoms with van der Waals surface area (Å²) in [6.45, 7) is 0.376. The fraction of sp³-hybridized carbons (Fsp3) is 0.462. The SMILES string of the molecule is COCC(O)CCNC(=O)c1ccc(C(F)(F)F)cc1. The molecule has 1 aromatic carbocycles. The number of ether oxygens (including phenoxy) is 1. The van der Waals surface area contributed by atoms with Gasteiger partial charge in [-0.2, -0.15) is 13.2 Å². The molecule has 0 aliphatic rings. The zero-order valence-corrected chi connectivity index (χ0v) is 10.9. The third-order valence-corrected chi connectivity index (χ3v) is 2.60. The van der Waals surface area contributed by atoms with Crippen LogP contribution in [0.3, 0.4) is 0 Å². The predicted octanol–water partition coefficient (Wildman–Crippen LogP) is 1.83. The first-order chi connectivity index (χ1) is 9.34. The van der Waals surface area contributed by atoms with E-state index in [0.717, 1.165) is 24.3 Å². The summed E-state index contributed by atoms with van der Waals surface area (Å²) < 4.78 is 41.8. The number of amides is 1. The smallest absolute Gasteiger partial charge is 0.391 e. The number of alkyl halides is 3. The molecule has 0 saturated heterocycles. The lowest BCUT2D eigenvalue weighted by molar-refractivity contribution is -0.137. The van der Waals surface area contributed by atoms with Crippen LogP contribution in [0.15, 0.2) is 24.3 Å². The Bertz CT molecular complexity index is 431. The van der Waals surface area contributed by atoms with Crippen molar-refractivity contribution in [2.24, 2.45) is 0 Å². The molecule has 1 rings (SSSR count). The molecule has 0 aliphatic heterocycles. The second-order valence-electron chi connectivity index (χ2n) is 4.23. The zero-order chi connectivity index (χ0) is 15.2. The fourth-order valence-electron chi connectivity index (χ4n) is 1.54. The highest BCUT2D eigenvalue weighted by Gasteiger charge is 2.30. The van der Waals surface area contributed by atoms with E-state index < -0.39 is 23.8 Å². The summed E-state index contributed by atoms with van der Waals surface area (Å²) in [5, 5.41) is 11.9. The van der Waals surface area contributed by atoms with Gasteiger partial charge in [0.05, 0.1) is 18.3 Å². The van der Waals surface area contributed by atoms with Crippen LogP contribution < -0.4 is 5.32 Å². The standard InChI is InChI=1S/C13H16F3NO3/c1-20-8-11(18)6-7-17-12(19)9-2-4-10(5-3-9)13(14,15)16/h2-5,11,18H,6-8H2,1H3,(H,17,19). The van der Waals surface area contributed by atoms with Gasteiger partial charge < -0.3 is 15.2 Å². The summed E-state index contributed by atoms with van der Waals surface area (Å²) in [6, 6.07) is 3.94. The Morgan fingerprint density at radius 2 is 1.95 bits per heavy atom. The maximum Gasteiger partial charge on any atom is 0.416 e. The van der Waals surface area contributed by atoms with Gasteiger partial charge in [0.25, 0.3) is 5.91 Å². The van der Waals surface area contributed by atoms with Gasteiger partial charge in [-0.3, -0.25) is 4.79 Å². The van der Waals surface area contributed by atoms with Crippen molar-refractivity contribution in [3.8, 4) is 0 Å². The number of nitrogens with one attached hydrogen (secondary N) is 1. The molecule has 0 radical (unpaired) electrons. The Balaban J connectivity index is 2.48. The van der Waals surface area contributed by atoms with Gasteiger partial charge in [0.15, 0.2) is 0 Å². The van der Waals surface area contributed by atoms with Crippen molar-refractivity contribution < 1.29 is 27.8 Å². The minimum Gasteiger partial charge on any atom is -0.391 e. The number of carbonyl (C=O) groups is 1. The molecule has 0 saturated carbocycles. The normalized spacial score (nSPS) is 13.1. The van der Waals surface area contributed by atoms with E-state index in [1.807, 2.05) is 0 Å². The van der Waals surface area contributed by atoms with E-state index in [1.54, 1.807) is 0 Å². The molecule has 1 amide bonds. The Kier molecular flexibility index (Phi) is 5.97. The molecule has 0 heterocycles. The van der Waals surface area contributed by atoms with Gasteiger partial charge in [0.1, 0.15) is 0 Å². The summed E-state index contributed by atoms with van der Waals surface area (Å²) in [5.41, 5.74) is -0.663. The highest BCUT2D eigenvalue weighted by Crippen LogP contribution is 2.28. The van der Waals surface area contributed by atoms with Gasteiger partial charge in [-0.15, -0.1) is 0 Å². The Morgan fingerprint density at radius 1 is 1.35 bits per heavy atom. The number of hydrogen-bond acceptors (Lipinski definition) is 3. The molecule has 1 aromatic rings. The number of aliphatic hydroxyl groups excluding tert-OH is 1. The molecular formula is C13H16F3NO3. The highest BCUT2D eigenvalue weighted by molar-refractivity contribution is 5.94. The van der Waals surface area contributed by atoms with Crippen LogP contribution in [0.5, 0.6) is 0 Å². The Labute approximate surface area is 114 Å². The van der Waals surface area contributed by atoms with Gasteiger partial charge in [0.2, 0.25) is 0 Å². The van der Waals surface area contributed by atoms with Crippen LogP contribution in [-0.2, 0) is 10.9 Å². The first-order valence-corrected chi connectivity index (χ1v) is 5.97. The molecule has 0 fully saturated rings. The van der Waals surface area contributed by atoms with Crippen molar-refractivity contribution in [3.05, 3.63) is 35.4 Å². The van der Waals surface area contributed by atoms with Gasteiger partial charge in [-0.05, 0) is 30.7 Å². The van der Waals surface area contributed by atoms with Gasteiger partial charge in [0, 0.05) is 19.2 Å². The van der Waals surface area contributed by atoms with Crippen LogP contribution in [0, 0.1) is 0 Å². The number of halogens is 3. The average Bonchev–Trinajstić information content (AvgIpc) is 2.38. The molecule has 1 atom stereocenters. The maximum absolute atomic E-state index is 12.3. The minimum atomic E-state index is -4.42. The van der Waals surface area contributed by atoms with Crippen LogP contribution >= 0.6 is 0 Å². The summed E-state index contributed by atoms with van der Waals surface area (Å²) >= 11 is 0. The minimum absolute atomic E-state index is 0.138. The van der Waals surface area contributed by atoms with Crippen LogP contribution in [0.1, 0.15) is 22.3 Å². The molecule has 0 spiro atoms. The van der Waals surface area contributed by atoms with E-state index in [2.05, 4.69) is 5.32 Å². The monoisotopic (exact) mass is 291 g/mol. The lowest BCUT2D eigenvalue weighted by Gasteiger charge is -2.11. The number of rotatable bonds is 6. The highest BCUT2D eigenvalue weighted by atomic mass is 19.4. The van der Waals surface area contributed by atoms with Crippen molar-refractivity contribution >= 4 is 5.91 Å². The molecule has 0 aromatic heterocycles. The quantitative estimate of drug-likeness (QED) is 0.840. The van der Waals surface area contributed by atoms with E-state index in [0.29, 0.717) is 6.42 Å². The molecule has 0 bridgehead atoms. The molecule has 4 nitrogen and oxygen atoms in total. The van der Waals surface area contributed by atoms with Gasteiger partial charge in [-0.1, -0.05) is 0 Å². The maximum atomic E-state index is 12.3. The molecule has 0 aliphatic carbocycles. The number of benzene rings is 1. The predicted molar refractivity (Wildman–Crippen MR) is 66.3 cm³/mol. The third-order valence-electron chi connectivity index (χ3n) is 2.60. The van der Waals surface area contributed by atoms with E-state index in [1.165, 1.54) is 7.11 Å². The number of carbonyl (C=O) groups excluding carboxylic acids is 1. The second-order valence-corrected chi connectivity index (χ2v) is 4.23. The molecule has 2 N–H and O–H groups in total. The summed E-state index contributed by atoms with van der Waals surface area (Å²) in [6.07, 6.45) is -4.80. The Hall–Kier alpha value is -1.60. The van der Waals surface area contributed by atoms with Crippen LogP contribution in [-0.4, -0.2) is 37.4 Å². The van der Waals surface area contributed by atoms with Crippen molar-refractivity contribution in [1.29, 1.82) is 0 Å². The zero-order valence-electron chi connectivity index (χ0n) is 10.9. The molecular weight excluding hydrogens is 275 g/mol. The van der Waals surface area contributed by atoms with Crippen molar-refractivity contribution in [3.63, 3.8) is 0 Å². The van der Waals surface area contributed by atoms with Gasteiger partial charge in [-0.25, -0.2) is 0 Å².